The number of rotatable bonds is 0. The zero-order valence-electron chi connectivity index (χ0n) is 7.72. The molecule has 2 N–H and O–H groups in total. The quantitative estimate of drug-likeness (QED) is 0.558. The number of nitrogens with one attached hydrogen (secondary N) is 1. The van der Waals surface area contributed by atoms with Crippen molar-refractivity contribution in [2.24, 2.45) is 5.41 Å². The van der Waals surface area contributed by atoms with Crippen LogP contribution in [0.4, 0.5) is 0 Å². The Balaban J connectivity index is 2.46. The zero-order chi connectivity index (χ0) is 8.48. The molecule has 0 aromatic heterocycles. The predicted molar refractivity (Wildman–Crippen MR) is 46.2 cm³/mol. The lowest BCUT2D eigenvalue weighted by atomic mass is 9.82. The molecular formula is C9H19NO. The van der Waals surface area contributed by atoms with Gasteiger partial charge in [-0.3, -0.25) is 5.32 Å². The third-order valence-electron chi connectivity index (χ3n) is 2.41. The van der Waals surface area contributed by atoms with Crippen LogP contribution in [0, 0.1) is 5.41 Å². The van der Waals surface area contributed by atoms with Gasteiger partial charge in [0.1, 0.15) is 6.23 Å². The second-order valence-electron chi connectivity index (χ2n) is 4.53. The Labute approximate surface area is 69.0 Å². The summed E-state index contributed by atoms with van der Waals surface area (Å²) in [4.78, 5) is 0. The topological polar surface area (TPSA) is 32.3 Å². The molecule has 2 unspecified atom stereocenters. The highest BCUT2D eigenvalue weighted by Crippen LogP contribution is 2.26. The molecular weight excluding hydrogens is 138 g/mol. The Bertz CT molecular complexity index is 128. The van der Waals surface area contributed by atoms with Crippen LogP contribution < -0.4 is 5.32 Å². The first kappa shape index (κ1) is 9.01. The molecule has 0 aromatic carbocycles. The Morgan fingerprint density at radius 2 is 1.91 bits per heavy atom. The van der Waals surface area contributed by atoms with Crippen molar-refractivity contribution >= 4 is 0 Å². The summed E-state index contributed by atoms with van der Waals surface area (Å²) in [5.74, 6) is 0. The zero-order valence-corrected chi connectivity index (χ0v) is 7.72. The van der Waals surface area contributed by atoms with E-state index < -0.39 is 0 Å². The first-order chi connectivity index (χ1) is 5.00. The minimum atomic E-state index is -0.270. The van der Waals surface area contributed by atoms with Crippen molar-refractivity contribution in [1.82, 2.24) is 5.32 Å². The van der Waals surface area contributed by atoms with E-state index in [0.29, 0.717) is 6.04 Å². The maximum Gasteiger partial charge on any atom is 0.105 e. The van der Waals surface area contributed by atoms with Crippen LogP contribution >= 0.6 is 0 Å². The molecule has 0 radical (unpaired) electrons. The van der Waals surface area contributed by atoms with Gasteiger partial charge in [-0.2, -0.15) is 0 Å². The fourth-order valence-electron chi connectivity index (χ4n) is 1.60. The molecule has 1 saturated heterocycles. The normalized spacial score (nSPS) is 33.8. The van der Waals surface area contributed by atoms with Crippen LogP contribution in [0.3, 0.4) is 0 Å². The van der Waals surface area contributed by atoms with E-state index in [0.717, 1.165) is 12.8 Å². The number of aliphatic hydroxyl groups is 1. The van der Waals surface area contributed by atoms with E-state index in [2.05, 4.69) is 26.1 Å². The van der Waals surface area contributed by atoms with Crippen LogP contribution in [0.2, 0.25) is 0 Å². The largest absolute Gasteiger partial charge is 0.379 e. The van der Waals surface area contributed by atoms with Gasteiger partial charge in [-0.25, -0.2) is 0 Å². The van der Waals surface area contributed by atoms with Gasteiger partial charge in [0.2, 0.25) is 0 Å². The highest BCUT2D eigenvalue weighted by molar-refractivity contribution is 4.84. The second-order valence-corrected chi connectivity index (χ2v) is 4.53. The van der Waals surface area contributed by atoms with Crippen LogP contribution in [0.25, 0.3) is 0 Å². The van der Waals surface area contributed by atoms with Crippen LogP contribution in [0.1, 0.15) is 40.0 Å². The molecule has 1 fully saturated rings. The fourth-order valence-corrected chi connectivity index (χ4v) is 1.60. The Kier molecular flexibility index (Phi) is 2.55. The number of piperidine rings is 1. The van der Waals surface area contributed by atoms with E-state index in [1.807, 2.05) is 0 Å². The molecule has 1 aliphatic rings. The molecule has 0 aromatic rings. The van der Waals surface area contributed by atoms with Gasteiger partial charge in [0, 0.05) is 6.04 Å². The summed E-state index contributed by atoms with van der Waals surface area (Å²) >= 11 is 0. The van der Waals surface area contributed by atoms with Gasteiger partial charge >= 0.3 is 0 Å². The van der Waals surface area contributed by atoms with E-state index in [9.17, 15) is 5.11 Å². The van der Waals surface area contributed by atoms with Gasteiger partial charge in [-0.1, -0.05) is 20.8 Å². The van der Waals surface area contributed by atoms with Gasteiger partial charge in [0.25, 0.3) is 0 Å². The van der Waals surface area contributed by atoms with Gasteiger partial charge in [-0.05, 0) is 24.7 Å². The van der Waals surface area contributed by atoms with E-state index in [1.165, 1.54) is 6.42 Å². The molecule has 11 heavy (non-hydrogen) atoms. The van der Waals surface area contributed by atoms with E-state index in [4.69, 9.17) is 0 Å². The molecule has 2 nitrogen and oxygen atoms in total. The summed E-state index contributed by atoms with van der Waals surface area (Å²) in [6, 6.07) is 0.478. The molecule has 0 amide bonds. The Morgan fingerprint density at radius 3 is 2.27 bits per heavy atom. The number of hydrogen-bond donors (Lipinski definition) is 2. The molecule has 66 valence electrons. The van der Waals surface area contributed by atoms with Crippen molar-refractivity contribution in [2.45, 2.75) is 52.3 Å². The summed E-state index contributed by atoms with van der Waals surface area (Å²) in [5.41, 5.74) is 0.279. The van der Waals surface area contributed by atoms with Crippen LogP contribution in [0.5, 0.6) is 0 Å². The maximum absolute atomic E-state index is 9.33. The first-order valence-electron chi connectivity index (χ1n) is 4.44. The average molecular weight is 157 g/mol. The molecule has 1 rings (SSSR count). The molecule has 0 bridgehead atoms. The van der Waals surface area contributed by atoms with Gasteiger partial charge in [-0.15, -0.1) is 0 Å². The van der Waals surface area contributed by atoms with Crippen LogP contribution in [-0.2, 0) is 0 Å². The van der Waals surface area contributed by atoms with Gasteiger partial charge < -0.3 is 5.11 Å². The van der Waals surface area contributed by atoms with Crippen molar-refractivity contribution in [3.05, 3.63) is 0 Å². The van der Waals surface area contributed by atoms with E-state index >= 15 is 0 Å². The Morgan fingerprint density at radius 1 is 1.27 bits per heavy atom. The minimum absolute atomic E-state index is 0.270. The Hall–Kier alpha value is -0.0800. The molecule has 1 heterocycles. The van der Waals surface area contributed by atoms with Crippen LogP contribution in [0.15, 0.2) is 0 Å². The summed E-state index contributed by atoms with van der Waals surface area (Å²) < 4.78 is 0. The van der Waals surface area contributed by atoms with Gasteiger partial charge in [0.05, 0.1) is 0 Å². The lowest BCUT2D eigenvalue weighted by Crippen LogP contribution is -2.48. The minimum Gasteiger partial charge on any atom is -0.379 e. The summed E-state index contributed by atoms with van der Waals surface area (Å²) in [6.07, 6.45) is 2.98. The molecule has 1 aliphatic heterocycles. The lowest BCUT2D eigenvalue weighted by molar-refractivity contribution is 0.0546. The summed E-state index contributed by atoms with van der Waals surface area (Å²) in [7, 11) is 0. The van der Waals surface area contributed by atoms with Crippen LogP contribution in [-0.4, -0.2) is 17.4 Å². The number of hydrogen-bond acceptors (Lipinski definition) is 2. The van der Waals surface area contributed by atoms with E-state index in [1.54, 1.807) is 0 Å². The van der Waals surface area contributed by atoms with Gasteiger partial charge in [0.15, 0.2) is 0 Å². The maximum atomic E-state index is 9.33. The summed E-state index contributed by atoms with van der Waals surface area (Å²) in [6.45, 7) is 6.63. The SMILES string of the molecule is CC(C)(C)C1CCCC(O)N1. The molecule has 0 spiro atoms. The predicted octanol–water partition coefficient (Wildman–Crippen LogP) is 1.49. The van der Waals surface area contributed by atoms with Crippen molar-refractivity contribution in [2.75, 3.05) is 0 Å². The molecule has 0 aliphatic carbocycles. The molecule has 2 atom stereocenters. The summed E-state index contributed by atoms with van der Waals surface area (Å²) in [5, 5.41) is 12.5. The number of aliphatic hydroxyl groups excluding tert-OH is 1. The second kappa shape index (κ2) is 3.11. The van der Waals surface area contributed by atoms with E-state index in [-0.39, 0.29) is 11.6 Å². The third-order valence-corrected chi connectivity index (χ3v) is 2.41. The third kappa shape index (κ3) is 2.46. The standard InChI is InChI=1S/C9H19NO/c1-9(2,3)7-5-4-6-8(11)10-7/h7-8,10-11H,4-6H2,1-3H3. The van der Waals surface area contributed by atoms with Crippen molar-refractivity contribution in [3.63, 3.8) is 0 Å². The van der Waals surface area contributed by atoms with Crippen molar-refractivity contribution < 1.29 is 5.11 Å². The highest BCUT2D eigenvalue weighted by atomic mass is 16.3. The first-order valence-corrected chi connectivity index (χ1v) is 4.44. The van der Waals surface area contributed by atoms with Crippen molar-refractivity contribution in [1.29, 1.82) is 0 Å². The smallest absolute Gasteiger partial charge is 0.105 e. The molecule has 2 heteroatoms. The lowest BCUT2D eigenvalue weighted by Gasteiger charge is -2.37. The van der Waals surface area contributed by atoms with Crippen molar-refractivity contribution in [3.8, 4) is 0 Å². The highest BCUT2D eigenvalue weighted by Gasteiger charge is 2.28. The fraction of sp³-hybridized carbons (Fsp3) is 1.00. The monoisotopic (exact) mass is 157 g/mol. The average Bonchev–Trinajstić information content (AvgIpc) is 1.86. The molecule has 0 saturated carbocycles.